The second-order valence-electron chi connectivity index (χ2n) is 6.73. The van der Waals surface area contributed by atoms with Crippen molar-refractivity contribution in [1.82, 2.24) is 14.3 Å². The quantitative estimate of drug-likeness (QED) is 0.638. The first kappa shape index (κ1) is 17.2. The molecule has 1 atom stereocenters. The number of fused-ring (bicyclic) bond motifs is 1. The van der Waals surface area contributed by atoms with Gasteiger partial charge in [0.1, 0.15) is 0 Å². The maximum absolute atomic E-state index is 4.58. The maximum atomic E-state index is 4.58. The molecule has 1 aliphatic carbocycles. The normalized spacial score (nSPS) is 16.3. The van der Waals surface area contributed by atoms with Crippen LogP contribution in [0.3, 0.4) is 0 Å². The summed E-state index contributed by atoms with van der Waals surface area (Å²) in [5.74, 6) is 0. The van der Waals surface area contributed by atoms with E-state index in [1.165, 1.54) is 28.9 Å². The molecule has 4 rings (SSSR count). The Morgan fingerprint density at radius 3 is 2.88 bits per heavy atom. The van der Waals surface area contributed by atoms with E-state index in [1.807, 2.05) is 25.0 Å². The average Bonchev–Trinajstić information content (AvgIpc) is 3.10. The van der Waals surface area contributed by atoms with Crippen molar-refractivity contribution in [2.75, 3.05) is 12.4 Å². The number of nitrogens with zero attached hydrogens (tertiary/aromatic N) is 2. The molecule has 3 aromatic rings. The van der Waals surface area contributed by atoms with Crippen LogP contribution in [0.2, 0.25) is 0 Å². The van der Waals surface area contributed by atoms with Gasteiger partial charge in [0, 0.05) is 29.4 Å². The summed E-state index contributed by atoms with van der Waals surface area (Å²) >= 11 is 1.62. The molecule has 2 N–H and O–H groups in total. The highest BCUT2D eigenvalue weighted by molar-refractivity contribution is 7.97. The highest BCUT2D eigenvalue weighted by Crippen LogP contribution is 2.37. The van der Waals surface area contributed by atoms with Crippen molar-refractivity contribution >= 4 is 17.6 Å². The van der Waals surface area contributed by atoms with Crippen LogP contribution < -0.4 is 10.0 Å². The molecule has 4 nitrogen and oxygen atoms in total. The van der Waals surface area contributed by atoms with E-state index in [2.05, 4.69) is 63.7 Å². The predicted molar refractivity (Wildman–Crippen MR) is 109 cm³/mol. The van der Waals surface area contributed by atoms with Gasteiger partial charge in [0.05, 0.1) is 18.1 Å². The lowest BCUT2D eigenvalue weighted by atomic mass is 9.87. The number of benzene rings is 2. The van der Waals surface area contributed by atoms with E-state index in [0.29, 0.717) is 6.04 Å². The van der Waals surface area contributed by atoms with Crippen molar-refractivity contribution in [3.05, 3.63) is 66.1 Å². The fourth-order valence-corrected chi connectivity index (χ4v) is 4.23. The summed E-state index contributed by atoms with van der Waals surface area (Å²) in [4.78, 5) is 5.76. The van der Waals surface area contributed by atoms with Crippen molar-refractivity contribution in [2.24, 2.45) is 7.05 Å². The second-order valence-corrected chi connectivity index (χ2v) is 7.81. The van der Waals surface area contributed by atoms with Crippen LogP contribution in [0.25, 0.3) is 11.3 Å². The van der Waals surface area contributed by atoms with Gasteiger partial charge >= 0.3 is 0 Å². The Hall–Kier alpha value is -2.24. The number of nitrogens with one attached hydrogen (secondary N) is 2. The smallest absolute Gasteiger partial charge is 0.0951 e. The first-order valence-electron chi connectivity index (χ1n) is 9.05. The Morgan fingerprint density at radius 2 is 2.08 bits per heavy atom. The third-order valence-electron chi connectivity index (χ3n) is 4.89. The summed E-state index contributed by atoms with van der Waals surface area (Å²) in [5, 5.41) is 3.80. The number of hydrogen-bond acceptors (Lipinski definition) is 4. The summed E-state index contributed by atoms with van der Waals surface area (Å²) < 4.78 is 5.15. The Balaban J connectivity index is 1.70. The van der Waals surface area contributed by atoms with Crippen LogP contribution in [-0.4, -0.2) is 16.6 Å². The van der Waals surface area contributed by atoms with Gasteiger partial charge in [-0.1, -0.05) is 24.3 Å². The second kappa shape index (κ2) is 7.56. The molecule has 5 heteroatoms. The van der Waals surface area contributed by atoms with E-state index < -0.39 is 0 Å². The molecule has 1 unspecified atom stereocenters. The average molecular weight is 365 g/mol. The molecule has 0 saturated heterocycles. The minimum Gasteiger partial charge on any atom is -0.378 e. The van der Waals surface area contributed by atoms with E-state index >= 15 is 0 Å². The van der Waals surface area contributed by atoms with Crippen molar-refractivity contribution in [1.29, 1.82) is 0 Å². The van der Waals surface area contributed by atoms with Crippen LogP contribution in [-0.2, 0) is 13.5 Å². The molecule has 2 aromatic carbocycles. The summed E-state index contributed by atoms with van der Waals surface area (Å²) in [6, 6.07) is 15.7. The van der Waals surface area contributed by atoms with E-state index in [4.69, 9.17) is 0 Å². The molecule has 1 aromatic heterocycles. The first-order valence-corrected chi connectivity index (χ1v) is 9.86. The number of anilines is 1. The van der Waals surface area contributed by atoms with Crippen LogP contribution in [0.1, 0.15) is 30.0 Å². The third-order valence-corrected chi connectivity index (χ3v) is 5.58. The molecular formula is C21H24N4S. The fourth-order valence-electron chi connectivity index (χ4n) is 3.69. The number of aryl methyl sites for hydroxylation is 2. The number of aromatic nitrogens is 2. The molecule has 0 bridgehead atoms. The standard InChI is InChI=1S/C21H24N4S/c1-22-26-16-10-11-20(18(12-16)21-13-25(2)14-23-21)24-19-9-5-7-15-6-3-4-8-17(15)19/h3-4,6,8,10-14,19,22,24H,5,7,9H2,1-2H3. The molecule has 0 saturated carbocycles. The van der Waals surface area contributed by atoms with Crippen LogP contribution in [0.15, 0.2) is 59.9 Å². The van der Waals surface area contributed by atoms with Crippen molar-refractivity contribution in [3.63, 3.8) is 0 Å². The predicted octanol–water partition coefficient (Wildman–Crippen LogP) is 4.80. The number of hydrogen-bond donors (Lipinski definition) is 2. The van der Waals surface area contributed by atoms with E-state index in [1.54, 1.807) is 11.9 Å². The van der Waals surface area contributed by atoms with Gasteiger partial charge in [-0.15, -0.1) is 0 Å². The van der Waals surface area contributed by atoms with Crippen LogP contribution >= 0.6 is 11.9 Å². The lowest BCUT2D eigenvalue weighted by Gasteiger charge is -2.28. The van der Waals surface area contributed by atoms with Crippen molar-refractivity contribution in [3.8, 4) is 11.3 Å². The lowest BCUT2D eigenvalue weighted by molar-refractivity contribution is 0.600. The van der Waals surface area contributed by atoms with Gasteiger partial charge in [0.25, 0.3) is 0 Å². The van der Waals surface area contributed by atoms with Gasteiger partial charge in [-0.3, -0.25) is 4.72 Å². The van der Waals surface area contributed by atoms with Crippen LogP contribution in [0, 0.1) is 0 Å². The van der Waals surface area contributed by atoms with Crippen molar-refractivity contribution in [2.45, 2.75) is 30.2 Å². The molecule has 0 aliphatic heterocycles. The van der Waals surface area contributed by atoms with Gasteiger partial charge in [-0.2, -0.15) is 0 Å². The van der Waals surface area contributed by atoms with Crippen LogP contribution in [0.4, 0.5) is 5.69 Å². The topological polar surface area (TPSA) is 41.9 Å². The maximum Gasteiger partial charge on any atom is 0.0951 e. The Kier molecular flexibility index (Phi) is 5.00. The minimum atomic E-state index is 0.352. The monoisotopic (exact) mass is 364 g/mol. The van der Waals surface area contributed by atoms with Gasteiger partial charge in [0.2, 0.25) is 0 Å². The van der Waals surface area contributed by atoms with Gasteiger partial charge < -0.3 is 9.88 Å². The molecule has 0 amide bonds. The highest BCUT2D eigenvalue weighted by Gasteiger charge is 2.21. The minimum absolute atomic E-state index is 0.352. The molecule has 0 spiro atoms. The first-order chi connectivity index (χ1) is 12.7. The zero-order valence-electron chi connectivity index (χ0n) is 15.2. The summed E-state index contributed by atoms with van der Waals surface area (Å²) in [7, 11) is 3.95. The van der Waals surface area contributed by atoms with Crippen LogP contribution in [0.5, 0.6) is 0 Å². The molecule has 26 heavy (non-hydrogen) atoms. The number of rotatable bonds is 5. The number of imidazole rings is 1. The van der Waals surface area contributed by atoms with Crippen molar-refractivity contribution < 1.29 is 0 Å². The lowest BCUT2D eigenvalue weighted by Crippen LogP contribution is -2.17. The Labute approximate surface area is 159 Å². The molecule has 1 aliphatic rings. The third kappa shape index (κ3) is 3.50. The zero-order chi connectivity index (χ0) is 17.9. The van der Waals surface area contributed by atoms with Gasteiger partial charge in [0.15, 0.2) is 0 Å². The Morgan fingerprint density at radius 1 is 1.19 bits per heavy atom. The van der Waals surface area contributed by atoms with E-state index in [9.17, 15) is 0 Å². The summed E-state index contributed by atoms with van der Waals surface area (Å²) in [6.45, 7) is 0. The Bertz CT molecular complexity index is 903. The van der Waals surface area contributed by atoms with E-state index in [-0.39, 0.29) is 0 Å². The molecule has 0 radical (unpaired) electrons. The molecule has 134 valence electrons. The summed E-state index contributed by atoms with van der Waals surface area (Å²) in [5.41, 5.74) is 6.19. The van der Waals surface area contributed by atoms with E-state index in [0.717, 1.165) is 23.4 Å². The SMILES string of the molecule is CNSc1ccc(NC2CCCc3ccccc32)c(-c2cn(C)cn2)c1. The molecule has 1 heterocycles. The molecular weight excluding hydrogens is 340 g/mol. The summed E-state index contributed by atoms with van der Waals surface area (Å²) in [6.07, 6.45) is 7.49. The zero-order valence-corrected chi connectivity index (χ0v) is 16.0. The highest BCUT2D eigenvalue weighted by atomic mass is 32.2. The van der Waals surface area contributed by atoms with Gasteiger partial charge in [-0.05, 0) is 67.6 Å². The largest absolute Gasteiger partial charge is 0.378 e. The fraction of sp³-hybridized carbons (Fsp3) is 0.286. The molecule has 0 fully saturated rings. The van der Waals surface area contributed by atoms with Gasteiger partial charge in [-0.25, -0.2) is 4.98 Å².